The highest BCUT2D eigenvalue weighted by atomic mass is 16.5. The zero-order valence-electron chi connectivity index (χ0n) is 10.9. The molecule has 1 fully saturated rings. The summed E-state index contributed by atoms with van der Waals surface area (Å²) < 4.78 is 6.12. The van der Waals surface area contributed by atoms with Gasteiger partial charge in [-0.25, -0.2) is 0 Å². The highest BCUT2D eigenvalue weighted by Crippen LogP contribution is 2.48. The Bertz CT molecular complexity index is 252. The maximum Gasteiger partial charge on any atom is 0.135 e. The fraction of sp³-hybridized carbons (Fsp3) is 0.923. The van der Waals surface area contributed by atoms with Crippen molar-refractivity contribution in [1.29, 1.82) is 0 Å². The standard InChI is InChI=1S/C13H24O2/c1-9-7-8-13(15-9,12(4,5)6)10(2)11(3)14/h9-10H,7-8H2,1-6H3. The van der Waals surface area contributed by atoms with Gasteiger partial charge in [-0.2, -0.15) is 0 Å². The van der Waals surface area contributed by atoms with E-state index in [4.69, 9.17) is 4.74 Å². The second-order valence-electron chi connectivity index (χ2n) is 5.94. The molecule has 0 aromatic heterocycles. The van der Waals surface area contributed by atoms with Crippen molar-refractivity contribution in [2.75, 3.05) is 0 Å². The fourth-order valence-corrected chi connectivity index (χ4v) is 2.74. The van der Waals surface area contributed by atoms with Crippen LogP contribution in [-0.2, 0) is 9.53 Å². The molecule has 0 aliphatic carbocycles. The van der Waals surface area contributed by atoms with Gasteiger partial charge in [-0.3, -0.25) is 4.79 Å². The summed E-state index contributed by atoms with van der Waals surface area (Å²) in [5, 5.41) is 0. The highest BCUT2D eigenvalue weighted by Gasteiger charge is 2.52. The number of hydrogen-bond donors (Lipinski definition) is 0. The van der Waals surface area contributed by atoms with Crippen molar-refractivity contribution in [3.8, 4) is 0 Å². The first-order chi connectivity index (χ1) is 6.71. The third kappa shape index (κ3) is 2.10. The van der Waals surface area contributed by atoms with Crippen molar-refractivity contribution in [1.82, 2.24) is 0 Å². The van der Waals surface area contributed by atoms with Crippen LogP contribution in [0.5, 0.6) is 0 Å². The minimum atomic E-state index is -0.266. The lowest BCUT2D eigenvalue weighted by atomic mass is 9.67. The molecule has 2 nitrogen and oxygen atoms in total. The molecule has 2 heteroatoms. The van der Waals surface area contributed by atoms with Gasteiger partial charge < -0.3 is 4.74 Å². The summed E-state index contributed by atoms with van der Waals surface area (Å²) in [6.07, 6.45) is 2.35. The van der Waals surface area contributed by atoms with Crippen LogP contribution < -0.4 is 0 Å². The summed E-state index contributed by atoms with van der Waals surface area (Å²) >= 11 is 0. The number of carbonyl (C=O) groups is 1. The molecule has 1 saturated heterocycles. The van der Waals surface area contributed by atoms with Crippen molar-refractivity contribution in [2.45, 2.75) is 66.1 Å². The lowest BCUT2D eigenvalue weighted by Gasteiger charge is -2.45. The van der Waals surface area contributed by atoms with Crippen LogP contribution in [-0.4, -0.2) is 17.5 Å². The summed E-state index contributed by atoms with van der Waals surface area (Å²) in [4.78, 5) is 11.6. The first-order valence-corrected chi connectivity index (χ1v) is 5.89. The zero-order chi connectivity index (χ0) is 11.9. The van der Waals surface area contributed by atoms with Crippen molar-refractivity contribution in [3.05, 3.63) is 0 Å². The fourth-order valence-electron chi connectivity index (χ4n) is 2.74. The van der Waals surface area contributed by atoms with E-state index in [2.05, 4.69) is 27.7 Å². The third-order valence-electron chi connectivity index (χ3n) is 3.91. The number of ether oxygens (including phenoxy) is 1. The van der Waals surface area contributed by atoms with Gasteiger partial charge in [0, 0.05) is 5.92 Å². The number of hydrogen-bond acceptors (Lipinski definition) is 2. The molecule has 0 saturated carbocycles. The topological polar surface area (TPSA) is 26.3 Å². The Morgan fingerprint density at radius 2 is 2.00 bits per heavy atom. The maximum absolute atomic E-state index is 11.6. The van der Waals surface area contributed by atoms with E-state index in [1.165, 1.54) is 0 Å². The van der Waals surface area contributed by atoms with Crippen molar-refractivity contribution >= 4 is 5.78 Å². The minimum absolute atomic E-state index is 0.0116. The molecule has 0 amide bonds. The molecule has 1 rings (SSSR count). The Morgan fingerprint density at radius 3 is 2.27 bits per heavy atom. The number of Topliss-reactive ketones (excluding diaryl/α,β-unsaturated/α-hetero) is 1. The van der Waals surface area contributed by atoms with Gasteiger partial charge in [0.25, 0.3) is 0 Å². The Labute approximate surface area is 93.4 Å². The molecule has 0 spiro atoms. The Balaban J connectivity index is 3.03. The minimum Gasteiger partial charge on any atom is -0.371 e. The molecule has 15 heavy (non-hydrogen) atoms. The van der Waals surface area contributed by atoms with Gasteiger partial charge in [0.05, 0.1) is 11.7 Å². The van der Waals surface area contributed by atoms with E-state index < -0.39 is 0 Å². The smallest absolute Gasteiger partial charge is 0.135 e. The zero-order valence-corrected chi connectivity index (χ0v) is 10.9. The van der Waals surface area contributed by atoms with E-state index in [1.807, 2.05) is 6.92 Å². The summed E-state index contributed by atoms with van der Waals surface area (Å²) in [6, 6.07) is 0. The largest absolute Gasteiger partial charge is 0.371 e. The molecular formula is C13H24O2. The van der Waals surface area contributed by atoms with E-state index in [9.17, 15) is 4.79 Å². The van der Waals surface area contributed by atoms with Gasteiger partial charge in [-0.05, 0) is 32.1 Å². The van der Waals surface area contributed by atoms with Crippen LogP contribution in [0.2, 0.25) is 0 Å². The molecule has 1 aliphatic rings. The molecule has 88 valence electrons. The molecule has 1 aliphatic heterocycles. The Morgan fingerprint density at radius 1 is 1.47 bits per heavy atom. The molecule has 0 aromatic rings. The molecular weight excluding hydrogens is 188 g/mol. The Hall–Kier alpha value is -0.370. The summed E-state index contributed by atoms with van der Waals surface area (Å²) in [5.41, 5.74) is -0.249. The lowest BCUT2D eigenvalue weighted by Crippen LogP contribution is -2.50. The predicted octanol–water partition coefficient (Wildman–Crippen LogP) is 3.20. The van der Waals surface area contributed by atoms with Crippen molar-refractivity contribution in [3.63, 3.8) is 0 Å². The first kappa shape index (κ1) is 12.7. The van der Waals surface area contributed by atoms with E-state index >= 15 is 0 Å². The molecule has 1 heterocycles. The van der Waals surface area contributed by atoms with Gasteiger partial charge in [-0.1, -0.05) is 27.7 Å². The van der Waals surface area contributed by atoms with Gasteiger partial charge in [0.1, 0.15) is 5.78 Å². The van der Waals surface area contributed by atoms with Gasteiger partial charge in [0.15, 0.2) is 0 Å². The quantitative estimate of drug-likeness (QED) is 0.702. The second-order valence-corrected chi connectivity index (χ2v) is 5.94. The summed E-state index contributed by atoms with van der Waals surface area (Å²) in [5.74, 6) is 0.224. The molecule has 0 N–H and O–H groups in total. The van der Waals surface area contributed by atoms with Crippen LogP contribution in [0, 0.1) is 11.3 Å². The number of ketones is 1. The van der Waals surface area contributed by atoms with Gasteiger partial charge in [0.2, 0.25) is 0 Å². The average Bonchev–Trinajstić information content (AvgIpc) is 2.46. The van der Waals surface area contributed by atoms with Crippen molar-refractivity contribution < 1.29 is 9.53 Å². The molecule has 0 bridgehead atoms. The van der Waals surface area contributed by atoms with Crippen LogP contribution in [0.1, 0.15) is 54.4 Å². The van der Waals surface area contributed by atoms with Crippen LogP contribution >= 0.6 is 0 Å². The third-order valence-corrected chi connectivity index (χ3v) is 3.91. The SMILES string of the molecule is CC(=O)C(C)C1(C(C)(C)C)CCC(C)O1. The number of carbonyl (C=O) groups excluding carboxylic acids is 1. The van der Waals surface area contributed by atoms with E-state index in [0.29, 0.717) is 0 Å². The molecule has 0 radical (unpaired) electrons. The normalized spacial score (nSPS) is 34.1. The number of rotatable bonds is 2. The highest BCUT2D eigenvalue weighted by molar-refractivity contribution is 5.79. The maximum atomic E-state index is 11.6. The van der Waals surface area contributed by atoms with Crippen LogP contribution in [0.15, 0.2) is 0 Å². The molecule has 3 unspecified atom stereocenters. The molecule has 0 aromatic carbocycles. The predicted molar refractivity (Wildman–Crippen MR) is 61.8 cm³/mol. The lowest BCUT2D eigenvalue weighted by molar-refractivity contribution is -0.155. The monoisotopic (exact) mass is 212 g/mol. The van der Waals surface area contributed by atoms with Gasteiger partial charge in [-0.15, -0.1) is 0 Å². The van der Waals surface area contributed by atoms with Crippen LogP contribution in [0.3, 0.4) is 0 Å². The average molecular weight is 212 g/mol. The van der Waals surface area contributed by atoms with Crippen molar-refractivity contribution in [2.24, 2.45) is 11.3 Å². The van der Waals surface area contributed by atoms with Crippen LogP contribution in [0.25, 0.3) is 0 Å². The first-order valence-electron chi connectivity index (χ1n) is 5.89. The summed E-state index contributed by atoms with van der Waals surface area (Å²) in [6.45, 7) is 12.3. The van der Waals surface area contributed by atoms with E-state index in [0.717, 1.165) is 12.8 Å². The van der Waals surface area contributed by atoms with Crippen LogP contribution in [0.4, 0.5) is 0 Å². The van der Waals surface area contributed by atoms with E-state index in [-0.39, 0.29) is 28.8 Å². The molecule has 3 atom stereocenters. The summed E-state index contributed by atoms with van der Waals surface area (Å²) in [7, 11) is 0. The van der Waals surface area contributed by atoms with Gasteiger partial charge >= 0.3 is 0 Å². The Kier molecular flexibility index (Phi) is 3.30. The second kappa shape index (κ2) is 3.89. The van der Waals surface area contributed by atoms with E-state index in [1.54, 1.807) is 6.92 Å².